The highest BCUT2D eigenvalue weighted by Gasteiger charge is 2.19. The molecule has 0 heterocycles. The summed E-state index contributed by atoms with van der Waals surface area (Å²) in [6.45, 7) is 3.62. The van der Waals surface area contributed by atoms with Crippen molar-refractivity contribution in [1.82, 2.24) is 0 Å². The molecule has 112 valence electrons. The van der Waals surface area contributed by atoms with Gasteiger partial charge in [-0.25, -0.2) is 12.8 Å². The van der Waals surface area contributed by atoms with Crippen molar-refractivity contribution in [3.05, 3.63) is 52.3 Å². The lowest BCUT2D eigenvalue weighted by atomic mass is 10.1. The molecule has 0 fully saturated rings. The minimum absolute atomic E-state index is 0.0395. The quantitative estimate of drug-likeness (QED) is 0.847. The van der Waals surface area contributed by atoms with Crippen LogP contribution in [-0.4, -0.2) is 8.42 Å². The zero-order valence-corrected chi connectivity index (χ0v) is 13.0. The van der Waals surface area contributed by atoms with Gasteiger partial charge in [0.25, 0.3) is 10.0 Å². The first kappa shape index (κ1) is 15.6. The predicted molar refractivity (Wildman–Crippen MR) is 82.5 cm³/mol. The molecule has 0 unspecified atom stereocenters. The van der Waals surface area contributed by atoms with E-state index >= 15 is 0 Å². The van der Waals surface area contributed by atoms with E-state index in [-0.39, 0.29) is 21.3 Å². The first-order valence-electron chi connectivity index (χ1n) is 6.04. The van der Waals surface area contributed by atoms with Gasteiger partial charge in [0.2, 0.25) is 0 Å². The second kappa shape index (κ2) is 5.54. The van der Waals surface area contributed by atoms with Crippen LogP contribution in [0.25, 0.3) is 0 Å². The number of rotatable bonds is 3. The Kier molecular flexibility index (Phi) is 4.11. The molecule has 0 amide bonds. The van der Waals surface area contributed by atoms with E-state index in [1.807, 2.05) is 6.92 Å². The van der Waals surface area contributed by atoms with Gasteiger partial charge >= 0.3 is 0 Å². The summed E-state index contributed by atoms with van der Waals surface area (Å²) >= 11 is 5.70. The summed E-state index contributed by atoms with van der Waals surface area (Å²) in [5.41, 5.74) is 7.63. The van der Waals surface area contributed by atoms with Crippen LogP contribution in [-0.2, 0) is 10.0 Å². The van der Waals surface area contributed by atoms with Crippen molar-refractivity contribution in [2.75, 3.05) is 10.5 Å². The zero-order valence-electron chi connectivity index (χ0n) is 11.4. The van der Waals surface area contributed by atoms with E-state index in [0.29, 0.717) is 0 Å². The highest BCUT2D eigenvalue weighted by atomic mass is 35.5. The number of nitrogens with one attached hydrogen (secondary N) is 1. The number of nitrogen functional groups attached to an aromatic ring is 1. The van der Waals surface area contributed by atoms with Crippen molar-refractivity contribution in [3.63, 3.8) is 0 Å². The highest BCUT2D eigenvalue weighted by Crippen LogP contribution is 2.26. The Morgan fingerprint density at radius 2 is 1.71 bits per heavy atom. The van der Waals surface area contributed by atoms with Gasteiger partial charge in [-0.1, -0.05) is 11.6 Å². The second-order valence-corrected chi connectivity index (χ2v) is 6.83. The minimum Gasteiger partial charge on any atom is -0.398 e. The number of hydrogen-bond acceptors (Lipinski definition) is 3. The van der Waals surface area contributed by atoms with Gasteiger partial charge in [0.15, 0.2) is 0 Å². The molecule has 2 aromatic rings. The summed E-state index contributed by atoms with van der Waals surface area (Å²) in [5.74, 6) is -0.631. The Morgan fingerprint density at radius 3 is 2.33 bits per heavy atom. The molecule has 2 aromatic carbocycles. The fourth-order valence-corrected chi connectivity index (χ4v) is 3.33. The Bertz CT molecular complexity index is 787. The number of aryl methyl sites for hydroxylation is 2. The van der Waals surface area contributed by atoms with Gasteiger partial charge < -0.3 is 5.73 Å². The van der Waals surface area contributed by atoms with E-state index in [4.69, 9.17) is 17.3 Å². The summed E-state index contributed by atoms with van der Waals surface area (Å²) in [6.07, 6.45) is 0. The van der Waals surface area contributed by atoms with E-state index in [9.17, 15) is 12.8 Å². The Morgan fingerprint density at radius 1 is 1.10 bits per heavy atom. The predicted octanol–water partition coefficient (Wildman–Crippen LogP) is 3.48. The SMILES string of the molecule is Cc1cc(N)c(S(=O)(=O)Nc2cc(F)cc(Cl)c2)cc1C. The largest absolute Gasteiger partial charge is 0.398 e. The molecule has 0 spiro atoms. The second-order valence-electron chi connectivity index (χ2n) is 4.74. The van der Waals surface area contributed by atoms with E-state index in [0.717, 1.165) is 23.3 Å². The zero-order chi connectivity index (χ0) is 15.8. The standard InChI is InChI=1S/C14H14ClFN2O2S/c1-8-3-13(17)14(4-9(8)2)21(19,20)18-12-6-10(15)5-11(16)7-12/h3-7,18H,17H2,1-2H3. The summed E-state index contributed by atoms with van der Waals surface area (Å²) < 4.78 is 40.2. The molecular weight excluding hydrogens is 315 g/mol. The maximum Gasteiger partial charge on any atom is 0.263 e. The number of hydrogen-bond donors (Lipinski definition) is 2. The maximum atomic E-state index is 13.3. The van der Waals surface area contributed by atoms with Crippen molar-refractivity contribution < 1.29 is 12.8 Å². The molecule has 0 aliphatic heterocycles. The third-order valence-corrected chi connectivity index (χ3v) is 4.69. The van der Waals surface area contributed by atoms with Crippen molar-refractivity contribution >= 4 is 33.0 Å². The lowest BCUT2D eigenvalue weighted by Crippen LogP contribution is -2.15. The number of benzene rings is 2. The molecule has 3 N–H and O–H groups in total. The lowest BCUT2D eigenvalue weighted by molar-refractivity contribution is 0.601. The minimum atomic E-state index is -3.92. The molecule has 0 aliphatic carbocycles. The Hall–Kier alpha value is -1.79. The van der Waals surface area contributed by atoms with E-state index in [1.54, 1.807) is 13.0 Å². The fourth-order valence-electron chi connectivity index (χ4n) is 1.87. The van der Waals surface area contributed by atoms with Crippen molar-refractivity contribution in [2.24, 2.45) is 0 Å². The first-order chi connectivity index (χ1) is 9.69. The van der Waals surface area contributed by atoms with Crippen LogP contribution in [0.1, 0.15) is 11.1 Å². The average molecular weight is 329 g/mol. The molecule has 0 saturated heterocycles. The molecule has 0 bridgehead atoms. The lowest BCUT2D eigenvalue weighted by Gasteiger charge is -2.12. The van der Waals surface area contributed by atoms with Crippen molar-refractivity contribution in [2.45, 2.75) is 18.7 Å². The Balaban J connectivity index is 2.45. The Labute approximate surface area is 127 Å². The van der Waals surface area contributed by atoms with Crippen LogP contribution in [0.3, 0.4) is 0 Å². The van der Waals surface area contributed by atoms with Crippen LogP contribution in [0.2, 0.25) is 5.02 Å². The average Bonchev–Trinajstić information content (AvgIpc) is 2.31. The van der Waals surface area contributed by atoms with Crippen LogP contribution in [0.15, 0.2) is 35.2 Å². The van der Waals surface area contributed by atoms with E-state index < -0.39 is 15.8 Å². The van der Waals surface area contributed by atoms with Gasteiger partial charge in [0.05, 0.1) is 11.4 Å². The molecule has 0 radical (unpaired) electrons. The van der Waals surface area contributed by atoms with Crippen LogP contribution < -0.4 is 10.5 Å². The van der Waals surface area contributed by atoms with Gasteiger partial charge in [-0.15, -0.1) is 0 Å². The molecule has 0 saturated carbocycles. The van der Waals surface area contributed by atoms with Crippen LogP contribution in [0.4, 0.5) is 15.8 Å². The number of nitrogens with two attached hydrogens (primary N) is 1. The van der Waals surface area contributed by atoms with Crippen molar-refractivity contribution in [1.29, 1.82) is 0 Å². The fraction of sp³-hybridized carbons (Fsp3) is 0.143. The third kappa shape index (κ3) is 3.46. The molecular formula is C14H14ClFN2O2S. The normalized spacial score (nSPS) is 11.4. The smallest absolute Gasteiger partial charge is 0.263 e. The number of halogens is 2. The maximum absolute atomic E-state index is 13.3. The van der Waals surface area contributed by atoms with E-state index in [1.165, 1.54) is 12.1 Å². The summed E-state index contributed by atoms with van der Waals surface area (Å²) in [6, 6.07) is 6.51. The van der Waals surface area contributed by atoms with Gasteiger partial charge in [0.1, 0.15) is 10.7 Å². The van der Waals surface area contributed by atoms with Crippen LogP contribution >= 0.6 is 11.6 Å². The molecule has 0 aliphatic rings. The highest BCUT2D eigenvalue weighted by molar-refractivity contribution is 7.92. The summed E-state index contributed by atoms with van der Waals surface area (Å²) in [7, 11) is -3.92. The van der Waals surface area contributed by atoms with Crippen LogP contribution in [0, 0.1) is 19.7 Å². The molecule has 0 atom stereocenters. The first-order valence-corrected chi connectivity index (χ1v) is 7.91. The molecule has 2 rings (SSSR count). The van der Waals surface area contributed by atoms with Gasteiger partial charge in [-0.05, 0) is 55.3 Å². The van der Waals surface area contributed by atoms with Crippen LogP contribution in [0.5, 0.6) is 0 Å². The molecule has 0 aromatic heterocycles. The number of anilines is 2. The van der Waals surface area contributed by atoms with Crippen molar-refractivity contribution in [3.8, 4) is 0 Å². The molecule has 7 heteroatoms. The van der Waals surface area contributed by atoms with Gasteiger partial charge in [0, 0.05) is 5.02 Å². The van der Waals surface area contributed by atoms with E-state index in [2.05, 4.69) is 4.72 Å². The number of sulfonamides is 1. The summed E-state index contributed by atoms with van der Waals surface area (Å²) in [4.78, 5) is -0.0500. The summed E-state index contributed by atoms with van der Waals surface area (Å²) in [5, 5.41) is 0.0979. The topological polar surface area (TPSA) is 72.2 Å². The molecule has 4 nitrogen and oxygen atoms in total. The molecule has 21 heavy (non-hydrogen) atoms. The third-order valence-electron chi connectivity index (χ3n) is 3.03. The van der Waals surface area contributed by atoms with Gasteiger partial charge in [-0.3, -0.25) is 4.72 Å². The van der Waals surface area contributed by atoms with Gasteiger partial charge in [-0.2, -0.15) is 0 Å². The monoisotopic (exact) mass is 328 g/mol.